The Morgan fingerprint density at radius 2 is 2.26 bits per heavy atom. The van der Waals surface area contributed by atoms with Crippen molar-refractivity contribution in [2.45, 2.75) is 45.3 Å². The maximum atomic E-state index is 10.3. The fourth-order valence-electron chi connectivity index (χ4n) is 3.23. The Balaban J connectivity index is 0.00000264. The summed E-state index contributed by atoms with van der Waals surface area (Å²) in [6, 6.07) is 4.18. The molecule has 0 amide bonds. The number of guanidine groups is 1. The minimum Gasteiger partial charge on any atom is -0.392 e. The first kappa shape index (κ1) is 20.3. The van der Waals surface area contributed by atoms with Crippen molar-refractivity contribution in [2.24, 2.45) is 17.5 Å². The maximum Gasteiger partial charge on any atom is 0.193 e. The van der Waals surface area contributed by atoms with Crippen molar-refractivity contribution in [3.8, 4) is 0 Å². The molecule has 0 spiro atoms. The van der Waals surface area contributed by atoms with Crippen LogP contribution >= 0.6 is 24.0 Å². The Bertz CT molecular complexity index is 516. The molecule has 1 aromatic heterocycles. The lowest BCUT2D eigenvalue weighted by Gasteiger charge is -2.39. The van der Waals surface area contributed by atoms with Gasteiger partial charge in [-0.2, -0.15) is 0 Å². The third-order valence-corrected chi connectivity index (χ3v) is 4.95. The summed E-state index contributed by atoms with van der Waals surface area (Å²) in [6.45, 7) is 3.75. The van der Waals surface area contributed by atoms with Crippen molar-refractivity contribution in [3.63, 3.8) is 0 Å². The quantitative estimate of drug-likeness (QED) is 0.435. The molecule has 1 saturated carbocycles. The van der Waals surface area contributed by atoms with Crippen LogP contribution in [0.25, 0.3) is 0 Å². The first-order valence-electron chi connectivity index (χ1n) is 8.16. The lowest BCUT2D eigenvalue weighted by atomic mass is 9.73. The van der Waals surface area contributed by atoms with E-state index < -0.39 is 0 Å². The van der Waals surface area contributed by atoms with Gasteiger partial charge in [0.1, 0.15) is 0 Å². The van der Waals surface area contributed by atoms with Crippen molar-refractivity contribution in [1.82, 2.24) is 14.8 Å². The van der Waals surface area contributed by atoms with Gasteiger partial charge >= 0.3 is 0 Å². The van der Waals surface area contributed by atoms with E-state index in [0.717, 1.165) is 38.3 Å². The molecule has 2 unspecified atom stereocenters. The molecule has 23 heavy (non-hydrogen) atoms. The standard InChI is InChI=1S/C17H30N4O.HI/c1-17(10-6-5-9-15(17)22)13-19-16(18-2)21(4)12-14-8-7-11-20(14)3;/h7-8,11,15,22H,5-6,9-10,12-13H2,1-4H3,(H,18,19);1H. The minimum absolute atomic E-state index is 0. The first-order valence-corrected chi connectivity index (χ1v) is 8.16. The number of aromatic nitrogens is 1. The maximum absolute atomic E-state index is 10.3. The molecule has 132 valence electrons. The molecule has 6 heteroatoms. The summed E-state index contributed by atoms with van der Waals surface area (Å²) >= 11 is 0. The zero-order valence-electron chi connectivity index (χ0n) is 14.7. The molecule has 2 atom stereocenters. The average Bonchev–Trinajstić information content (AvgIpc) is 2.88. The summed E-state index contributed by atoms with van der Waals surface area (Å²) in [7, 11) is 5.91. The van der Waals surface area contributed by atoms with E-state index in [4.69, 9.17) is 0 Å². The van der Waals surface area contributed by atoms with Crippen molar-refractivity contribution >= 4 is 29.9 Å². The van der Waals surface area contributed by atoms with Gasteiger partial charge in [0.15, 0.2) is 5.96 Å². The summed E-state index contributed by atoms with van der Waals surface area (Å²) in [5, 5.41) is 13.7. The van der Waals surface area contributed by atoms with Crippen LogP contribution in [0.4, 0.5) is 0 Å². The molecular weight excluding hydrogens is 403 g/mol. The molecule has 0 aliphatic heterocycles. The van der Waals surface area contributed by atoms with Crippen LogP contribution in [0.2, 0.25) is 0 Å². The van der Waals surface area contributed by atoms with Gasteiger partial charge in [0.2, 0.25) is 0 Å². The van der Waals surface area contributed by atoms with Crippen LogP contribution in [0.15, 0.2) is 23.3 Å². The number of rotatable bonds is 4. The molecule has 1 aliphatic carbocycles. The van der Waals surface area contributed by atoms with Gasteiger partial charge in [-0.25, -0.2) is 0 Å². The van der Waals surface area contributed by atoms with Gasteiger partial charge in [-0.15, -0.1) is 24.0 Å². The normalized spacial score (nSPS) is 24.9. The van der Waals surface area contributed by atoms with Crippen molar-refractivity contribution in [2.75, 3.05) is 20.6 Å². The van der Waals surface area contributed by atoms with Gasteiger partial charge in [-0.3, -0.25) is 4.99 Å². The second kappa shape index (κ2) is 8.92. The number of halogens is 1. The van der Waals surface area contributed by atoms with Gasteiger partial charge in [0.05, 0.1) is 12.6 Å². The predicted molar refractivity (Wildman–Crippen MR) is 106 cm³/mol. The van der Waals surface area contributed by atoms with Crippen LogP contribution in [0, 0.1) is 5.41 Å². The van der Waals surface area contributed by atoms with Gasteiger partial charge in [0, 0.05) is 45.0 Å². The van der Waals surface area contributed by atoms with Gasteiger partial charge in [-0.05, 0) is 25.0 Å². The molecular formula is C17H31IN4O. The van der Waals surface area contributed by atoms with Gasteiger partial charge in [0.25, 0.3) is 0 Å². The third kappa shape index (κ3) is 5.11. The highest BCUT2D eigenvalue weighted by Gasteiger charge is 2.35. The Morgan fingerprint density at radius 3 is 2.83 bits per heavy atom. The number of nitrogens with one attached hydrogen (secondary N) is 1. The molecule has 0 saturated heterocycles. The second-order valence-corrected chi connectivity index (χ2v) is 6.78. The molecule has 2 rings (SSSR count). The van der Waals surface area contributed by atoms with Crippen LogP contribution in [0.5, 0.6) is 0 Å². The molecule has 2 N–H and O–H groups in total. The fourth-order valence-corrected chi connectivity index (χ4v) is 3.23. The van der Waals surface area contributed by atoms with E-state index in [1.54, 1.807) is 0 Å². The van der Waals surface area contributed by atoms with E-state index >= 15 is 0 Å². The molecule has 5 nitrogen and oxygen atoms in total. The van der Waals surface area contributed by atoms with Crippen LogP contribution < -0.4 is 5.32 Å². The Hall–Kier alpha value is -0.760. The molecule has 0 radical (unpaired) electrons. The van der Waals surface area contributed by atoms with Crippen LogP contribution in [-0.4, -0.2) is 47.3 Å². The Kier molecular flexibility index (Phi) is 7.86. The van der Waals surface area contributed by atoms with Crippen molar-refractivity contribution in [1.29, 1.82) is 0 Å². The van der Waals surface area contributed by atoms with Crippen LogP contribution in [0.1, 0.15) is 38.3 Å². The Labute approximate surface area is 157 Å². The highest BCUT2D eigenvalue weighted by Crippen LogP contribution is 2.35. The highest BCUT2D eigenvalue weighted by molar-refractivity contribution is 14.0. The number of hydrogen-bond acceptors (Lipinski definition) is 2. The average molecular weight is 434 g/mol. The largest absolute Gasteiger partial charge is 0.392 e. The van der Waals surface area contributed by atoms with E-state index in [2.05, 4.69) is 52.1 Å². The van der Waals surface area contributed by atoms with Gasteiger partial charge in [-0.1, -0.05) is 19.8 Å². The fraction of sp³-hybridized carbons (Fsp3) is 0.706. The number of hydrogen-bond donors (Lipinski definition) is 2. The van der Waals surface area contributed by atoms with Crippen molar-refractivity contribution < 1.29 is 5.11 Å². The van der Waals surface area contributed by atoms with Crippen LogP contribution in [-0.2, 0) is 13.6 Å². The highest BCUT2D eigenvalue weighted by atomic mass is 127. The summed E-state index contributed by atoms with van der Waals surface area (Å²) < 4.78 is 2.12. The Morgan fingerprint density at radius 1 is 1.52 bits per heavy atom. The van der Waals surface area contributed by atoms with E-state index in [1.165, 1.54) is 12.1 Å². The molecule has 1 aromatic rings. The number of aliphatic hydroxyl groups excluding tert-OH is 1. The zero-order valence-corrected chi connectivity index (χ0v) is 17.1. The SMILES string of the molecule is CN=C(NCC1(C)CCCCC1O)N(C)Cc1cccn1C.I. The third-order valence-electron chi connectivity index (χ3n) is 4.95. The predicted octanol–water partition coefficient (Wildman–Crippen LogP) is 2.59. The topological polar surface area (TPSA) is 52.8 Å². The molecule has 1 heterocycles. The van der Waals surface area contributed by atoms with Crippen molar-refractivity contribution in [3.05, 3.63) is 24.0 Å². The number of aliphatic hydroxyl groups is 1. The second-order valence-electron chi connectivity index (χ2n) is 6.78. The lowest BCUT2D eigenvalue weighted by Crippen LogP contribution is -2.48. The minimum atomic E-state index is -0.218. The number of aliphatic imine (C=N–C) groups is 1. The smallest absolute Gasteiger partial charge is 0.193 e. The van der Waals surface area contributed by atoms with E-state index in [1.807, 2.05) is 14.1 Å². The summed E-state index contributed by atoms with van der Waals surface area (Å²) in [4.78, 5) is 6.50. The molecule has 1 aliphatic rings. The summed E-state index contributed by atoms with van der Waals surface area (Å²) in [5.41, 5.74) is 1.19. The van der Waals surface area contributed by atoms with E-state index in [0.29, 0.717) is 0 Å². The first-order chi connectivity index (χ1) is 10.5. The molecule has 1 fully saturated rings. The lowest BCUT2D eigenvalue weighted by molar-refractivity contribution is 0.00368. The summed E-state index contributed by atoms with van der Waals surface area (Å²) in [5.74, 6) is 0.875. The number of nitrogens with zero attached hydrogens (tertiary/aromatic N) is 3. The zero-order chi connectivity index (χ0) is 16.2. The summed E-state index contributed by atoms with van der Waals surface area (Å²) in [6.07, 6.45) is 6.16. The monoisotopic (exact) mass is 434 g/mol. The van der Waals surface area contributed by atoms with E-state index in [-0.39, 0.29) is 35.5 Å². The van der Waals surface area contributed by atoms with Gasteiger partial charge < -0.3 is 19.9 Å². The molecule has 0 bridgehead atoms. The number of aryl methyl sites for hydroxylation is 1. The van der Waals surface area contributed by atoms with E-state index in [9.17, 15) is 5.11 Å². The molecule has 0 aromatic carbocycles. The van der Waals surface area contributed by atoms with Crippen LogP contribution in [0.3, 0.4) is 0 Å².